The number of carbonyl (C=O) groups excluding carboxylic acids is 1. The third-order valence-electron chi connectivity index (χ3n) is 2.56. The van der Waals surface area contributed by atoms with E-state index in [1.165, 1.54) is 0 Å². The molecule has 0 aliphatic heterocycles. The summed E-state index contributed by atoms with van der Waals surface area (Å²) in [5.74, 6) is 0.774. The molecule has 1 rings (SSSR count). The van der Waals surface area contributed by atoms with Gasteiger partial charge in [0.15, 0.2) is 6.29 Å². The monoisotopic (exact) mass is 296 g/mol. The van der Waals surface area contributed by atoms with E-state index >= 15 is 0 Å². The number of carbonyl (C=O) groups is 1. The number of anilines is 1. The number of urea groups is 1. The summed E-state index contributed by atoms with van der Waals surface area (Å²) >= 11 is 0. The van der Waals surface area contributed by atoms with Crippen LogP contribution in [0, 0.1) is 0 Å². The van der Waals surface area contributed by atoms with Crippen molar-refractivity contribution >= 4 is 11.7 Å². The van der Waals surface area contributed by atoms with Crippen molar-refractivity contribution in [2.45, 2.75) is 27.1 Å². The molecule has 2 N–H and O–H groups in total. The van der Waals surface area contributed by atoms with Gasteiger partial charge in [-0.1, -0.05) is 0 Å². The number of nitrogens with one attached hydrogen (secondary N) is 2. The summed E-state index contributed by atoms with van der Waals surface area (Å²) in [4.78, 5) is 11.8. The van der Waals surface area contributed by atoms with Gasteiger partial charge in [-0.15, -0.1) is 0 Å². The van der Waals surface area contributed by atoms with Gasteiger partial charge in [-0.05, 0) is 45.0 Å². The van der Waals surface area contributed by atoms with Crippen molar-refractivity contribution in [1.82, 2.24) is 5.32 Å². The molecule has 0 aliphatic carbocycles. The summed E-state index contributed by atoms with van der Waals surface area (Å²) in [5, 5.41) is 5.44. The standard InChI is InChI=1S/C15H24N2O4/c1-4-19-13-9-7-12(8-10-13)17-15(18)16-11-14(20-5-2)21-6-3/h7-10,14H,4-6,11H2,1-3H3,(H2,16,17,18). The highest BCUT2D eigenvalue weighted by molar-refractivity contribution is 5.89. The van der Waals surface area contributed by atoms with Crippen LogP contribution in [-0.4, -0.2) is 38.7 Å². The van der Waals surface area contributed by atoms with Crippen molar-refractivity contribution < 1.29 is 19.0 Å². The van der Waals surface area contributed by atoms with E-state index in [-0.39, 0.29) is 6.03 Å². The molecule has 0 spiro atoms. The second kappa shape index (κ2) is 10.0. The molecule has 0 fully saturated rings. The molecule has 1 aromatic rings. The summed E-state index contributed by atoms with van der Waals surface area (Å²) in [6.45, 7) is 7.67. The molecule has 1 aromatic carbocycles. The van der Waals surface area contributed by atoms with Gasteiger partial charge >= 0.3 is 6.03 Å². The lowest BCUT2D eigenvalue weighted by Gasteiger charge is -2.17. The second-order valence-electron chi connectivity index (χ2n) is 4.13. The highest BCUT2D eigenvalue weighted by atomic mass is 16.7. The summed E-state index contributed by atoms with van der Waals surface area (Å²) < 4.78 is 16.0. The maximum Gasteiger partial charge on any atom is 0.319 e. The third kappa shape index (κ3) is 6.97. The van der Waals surface area contributed by atoms with Gasteiger partial charge in [0.2, 0.25) is 0 Å². The fourth-order valence-corrected chi connectivity index (χ4v) is 1.69. The molecule has 0 aromatic heterocycles. The summed E-state index contributed by atoms with van der Waals surface area (Å²) in [7, 11) is 0. The quantitative estimate of drug-likeness (QED) is 0.687. The van der Waals surface area contributed by atoms with Gasteiger partial charge in [-0.3, -0.25) is 0 Å². The Labute approximate surface area is 125 Å². The topological polar surface area (TPSA) is 68.8 Å². The Balaban J connectivity index is 2.38. The van der Waals surface area contributed by atoms with Crippen molar-refractivity contribution in [2.24, 2.45) is 0 Å². The number of benzene rings is 1. The Bertz CT molecular complexity index is 403. The van der Waals surface area contributed by atoms with Crippen LogP contribution in [-0.2, 0) is 9.47 Å². The van der Waals surface area contributed by atoms with Gasteiger partial charge in [0.05, 0.1) is 13.2 Å². The molecule has 21 heavy (non-hydrogen) atoms. The Morgan fingerprint density at radius 2 is 1.67 bits per heavy atom. The number of rotatable bonds is 9. The van der Waals surface area contributed by atoms with Crippen LogP contribution in [0.5, 0.6) is 5.75 Å². The van der Waals surface area contributed by atoms with E-state index in [1.807, 2.05) is 32.9 Å². The molecule has 0 unspecified atom stereocenters. The Morgan fingerprint density at radius 1 is 1.05 bits per heavy atom. The predicted molar refractivity (Wildman–Crippen MR) is 81.7 cm³/mol. The van der Waals surface area contributed by atoms with Crippen LogP contribution in [0.1, 0.15) is 20.8 Å². The maximum atomic E-state index is 11.8. The first-order valence-electron chi connectivity index (χ1n) is 7.20. The van der Waals surface area contributed by atoms with E-state index < -0.39 is 6.29 Å². The second-order valence-corrected chi connectivity index (χ2v) is 4.13. The van der Waals surface area contributed by atoms with Crippen molar-refractivity contribution in [1.29, 1.82) is 0 Å². The first kappa shape index (κ1) is 17.3. The zero-order chi connectivity index (χ0) is 15.5. The Hall–Kier alpha value is -1.79. The SMILES string of the molecule is CCOc1ccc(NC(=O)NCC(OCC)OCC)cc1. The van der Waals surface area contributed by atoms with Gasteiger partial charge in [0.1, 0.15) is 5.75 Å². The van der Waals surface area contributed by atoms with Gasteiger partial charge < -0.3 is 24.8 Å². The molecule has 0 saturated carbocycles. The first-order chi connectivity index (χ1) is 10.2. The number of ether oxygens (including phenoxy) is 3. The van der Waals surface area contributed by atoms with E-state index in [0.29, 0.717) is 32.1 Å². The predicted octanol–water partition coefficient (Wildman–Crippen LogP) is 2.61. The van der Waals surface area contributed by atoms with Crippen LogP contribution in [0.15, 0.2) is 24.3 Å². The first-order valence-corrected chi connectivity index (χ1v) is 7.20. The van der Waals surface area contributed by atoms with Gasteiger partial charge in [0.25, 0.3) is 0 Å². The number of hydrogen-bond acceptors (Lipinski definition) is 4. The van der Waals surface area contributed by atoms with Crippen LogP contribution in [0.2, 0.25) is 0 Å². The Kier molecular flexibility index (Phi) is 8.23. The number of hydrogen-bond donors (Lipinski definition) is 2. The minimum Gasteiger partial charge on any atom is -0.494 e. The van der Waals surface area contributed by atoms with E-state index in [0.717, 1.165) is 5.75 Å². The molecule has 0 bridgehead atoms. The highest BCUT2D eigenvalue weighted by Crippen LogP contribution is 2.15. The molecule has 0 heterocycles. The van der Waals surface area contributed by atoms with Crippen LogP contribution in [0.25, 0.3) is 0 Å². The molecule has 118 valence electrons. The third-order valence-corrected chi connectivity index (χ3v) is 2.56. The molecule has 6 heteroatoms. The van der Waals surface area contributed by atoms with Crippen LogP contribution >= 0.6 is 0 Å². The molecular weight excluding hydrogens is 272 g/mol. The highest BCUT2D eigenvalue weighted by Gasteiger charge is 2.10. The van der Waals surface area contributed by atoms with Crippen LogP contribution in [0.4, 0.5) is 10.5 Å². The van der Waals surface area contributed by atoms with E-state index in [4.69, 9.17) is 14.2 Å². The normalized spacial score (nSPS) is 10.5. The minimum absolute atomic E-state index is 0.296. The zero-order valence-corrected chi connectivity index (χ0v) is 12.8. The smallest absolute Gasteiger partial charge is 0.319 e. The van der Waals surface area contributed by atoms with Gasteiger partial charge in [-0.25, -0.2) is 4.79 Å². The average Bonchev–Trinajstić information content (AvgIpc) is 2.48. The molecule has 0 atom stereocenters. The fourth-order valence-electron chi connectivity index (χ4n) is 1.69. The van der Waals surface area contributed by atoms with Crippen molar-refractivity contribution in [2.75, 3.05) is 31.7 Å². The summed E-state index contributed by atoms with van der Waals surface area (Å²) in [6.07, 6.45) is -0.425. The molecular formula is C15H24N2O4. The molecule has 2 amide bonds. The summed E-state index contributed by atoms with van der Waals surface area (Å²) in [6, 6.07) is 6.88. The van der Waals surface area contributed by atoms with Crippen molar-refractivity contribution in [3.8, 4) is 5.75 Å². The lowest BCUT2D eigenvalue weighted by atomic mass is 10.3. The Morgan fingerprint density at radius 3 is 2.19 bits per heavy atom. The summed E-state index contributed by atoms with van der Waals surface area (Å²) in [5.41, 5.74) is 0.695. The lowest BCUT2D eigenvalue weighted by Crippen LogP contribution is -2.37. The van der Waals surface area contributed by atoms with Crippen molar-refractivity contribution in [3.63, 3.8) is 0 Å². The maximum absolute atomic E-state index is 11.8. The van der Waals surface area contributed by atoms with Gasteiger partial charge in [0, 0.05) is 18.9 Å². The van der Waals surface area contributed by atoms with Crippen molar-refractivity contribution in [3.05, 3.63) is 24.3 Å². The van der Waals surface area contributed by atoms with E-state index in [9.17, 15) is 4.79 Å². The largest absolute Gasteiger partial charge is 0.494 e. The zero-order valence-electron chi connectivity index (χ0n) is 12.8. The lowest BCUT2D eigenvalue weighted by molar-refractivity contribution is -0.131. The molecule has 6 nitrogen and oxygen atoms in total. The number of amides is 2. The molecule has 0 radical (unpaired) electrons. The van der Waals surface area contributed by atoms with Crippen LogP contribution in [0.3, 0.4) is 0 Å². The van der Waals surface area contributed by atoms with Gasteiger partial charge in [-0.2, -0.15) is 0 Å². The van der Waals surface area contributed by atoms with Crippen LogP contribution < -0.4 is 15.4 Å². The van der Waals surface area contributed by atoms with E-state index in [1.54, 1.807) is 12.1 Å². The fraction of sp³-hybridized carbons (Fsp3) is 0.533. The van der Waals surface area contributed by atoms with E-state index in [2.05, 4.69) is 10.6 Å². The molecule has 0 aliphatic rings. The molecule has 0 saturated heterocycles. The average molecular weight is 296 g/mol. The minimum atomic E-state index is -0.425.